The lowest BCUT2D eigenvalue weighted by molar-refractivity contribution is -0.140. The average molecular weight is 421 g/mol. The monoisotopic (exact) mass is 421 g/mol. The molecule has 1 heterocycles. The summed E-state index contributed by atoms with van der Waals surface area (Å²) in [5.74, 6) is -0.148. The molecule has 0 spiro atoms. The third kappa shape index (κ3) is 6.28. The van der Waals surface area contributed by atoms with Crippen molar-refractivity contribution in [3.63, 3.8) is 0 Å². The minimum Gasteiger partial charge on any atom is -0.493 e. The van der Waals surface area contributed by atoms with Crippen LogP contribution >= 0.6 is 11.8 Å². The van der Waals surface area contributed by atoms with Gasteiger partial charge in [0.05, 0.1) is 25.7 Å². The van der Waals surface area contributed by atoms with Gasteiger partial charge in [-0.3, -0.25) is 9.59 Å². The molecular formula is C20H23NO7S. The van der Waals surface area contributed by atoms with E-state index in [4.69, 9.17) is 13.9 Å². The average Bonchev–Trinajstić information content (AvgIpc) is 3.23. The van der Waals surface area contributed by atoms with Crippen LogP contribution in [0.1, 0.15) is 34.7 Å². The number of carboxylic acid groups (broad SMARTS) is 1. The van der Waals surface area contributed by atoms with Crippen molar-refractivity contribution in [3.8, 4) is 11.5 Å². The highest BCUT2D eigenvalue weighted by Gasteiger charge is 2.25. The fourth-order valence-electron chi connectivity index (χ4n) is 2.64. The topological polar surface area (TPSA) is 115 Å². The predicted molar refractivity (Wildman–Crippen MR) is 108 cm³/mol. The highest BCUT2D eigenvalue weighted by molar-refractivity contribution is 7.99. The highest BCUT2D eigenvalue weighted by atomic mass is 32.2. The second-order valence-electron chi connectivity index (χ2n) is 6.13. The summed E-state index contributed by atoms with van der Waals surface area (Å²) in [7, 11) is 3.00. The number of rotatable bonds is 11. The molecule has 0 aliphatic rings. The van der Waals surface area contributed by atoms with E-state index in [0.717, 1.165) is 0 Å². The lowest BCUT2D eigenvalue weighted by Crippen LogP contribution is -2.41. The number of amides is 1. The molecule has 2 N–H and O–H groups in total. The van der Waals surface area contributed by atoms with Gasteiger partial charge in [0.15, 0.2) is 17.3 Å². The second kappa shape index (κ2) is 10.6. The summed E-state index contributed by atoms with van der Waals surface area (Å²) in [4.78, 5) is 35.4. The maximum Gasteiger partial charge on any atom is 0.327 e. The molecule has 29 heavy (non-hydrogen) atoms. The fraction of sp³-hybridized carbons (Fsp3) is 0.350. The van der Waals surface area contributed by atoms with Crippen LogP contribution < -0.4 is 14.8 Å². The number of carboxylic acids is 1. The number of Topliss-reactive ketones (excluding diaryl/α,β-unsaturated/α-hetero) is 1. The Hall–Kier alpha value is -2.94. The smallest absolute Gasteiger partial charge is 0.327 e. The zero-order chi connectivity index (χ0) is 21.4. The molecule has 2 aromatic rings. The summed E-state index contributed by atoms with van der Waals surface area (Å²) in [5.41, 5.74) is 0.441. The van der Waals surface area contributed by atoms with E-state index < -0.39 is 23.2 Å². The largest absolute Gasteiger partial charge is 0.493 e. The van der Waals surface area contributed by atoms with Crippen molar-refractivity contribution in [2.75, 3.05) is 20.0 Å². The molecule has 156 valence electrons. The van der Waals surface area contributed by atoms with Gasteiger partial charge in [0.25, 0.3) is 0 Å². The summed E-state index contributed by atoms with van der Waals surface area (Å²) in [5, 5.41) is 11.3. The molecule has 0 fully saturated rings. The first kappa shape index (κ1) is 22.4. The third-order valence-corrected chi connectivity index (χ3v) is 5.40. The lowest BCUT2D eigenvalue weighted by Gasteiger charge is -2.18. The van der Waals surface area contributed by atoms with Gasteiger partial charge in [-0.25, -0.2) is 4.79 Å². The number of ether oxygens (including phenoxy) is 2. The first-order chi connectivity index (χ1) is 13.8. The van der Waals surface area contributed by atoms with Crippen molar-refractivity contribution in [3.05, 3.63) is 47.9 Å². The van der Waals surface area contributed by atoms with Crippen molar-refractivity contribution in [2.45, 2.75) is 24.6 Å². The van der Waals surface area contributed by atoms with Crippen LogP contribution in [0.25, 0.3) is 0 Å². The van der Waals surface area contributed by atoms with E-state index in [-0.39, 0.29) is 18.0 Å². The Morgan fingerprint density at radius 1 is 1.17 bits per heavy atom. The minimum atomic E-state index is -1.14. The molecule has 8 nitrogen and oxygen atoms in total. The van der Waals surface area contributed by atoms with E-state index in [1.807, 2.05) is 0 Å². The summed E-state index contributed by atoms with van der Waals surface area (Å²) >= 11 is 1.23. The third-order valence-electron chi connectivity index (χ3n) is 4.08. The Kier molecular flexibility index (Phi) is 8.14. The Morgan fingerprint density at radius 3 is 2.45 bits per heavy atom. The van der Waals surface area contributed by atoms with Crippen LogP contribution in [0.15, 0.2) is 41.0 Å². The normalized spacial score (nSPS) is 12.7. The second-order valence-corrected chi connectivity index (χ2v) is 7.36. The molecule has 2 atom stereocenters. The Balaban J connectivity index is 2.16. The predicted octanol–water partition coefficient (Wildman–Crippen LogP) is 2.93. The summed E-state index contributed by atoms with van der Waals surface area (Å²) in [6.07, 6.45) is 1.58. The molecular weight excluding hydrogens is 398 g/mol. The highest BCUT2D eigenvalue weighted by Crippen LogP contribution is 2.35. The summed E-state index contributed by atoms with van der Waals surface area (Å²) < 4.78 is 15.9. The van der Waals surface area contributed by atoms with Crippen LogP contribution in [0.2, 0.25) is 0 Å². The Bertz CT molecular complexity index is 851. The van der Waals surface area contributed by atoms with Gasteiger partial charge in [0.1, 0.15) is 11.8 Å². The number of ketones is 1. The maximum atomic E-state index is 12.8. The fourth-order valence-corrected chi connectivity index (χ4v) is 3.86. The van der Waals surface area contributed by atoms with E-state index in [9.17, 15) is 19.5 Å². The van der Waals surface area contributed by atoms with Crippen LogP contribution in [0.4, 0.5) is 0 Å². The van der Waals surface area contributed by atoms with E-state index in [2.05, 4.69) is 5.32 Å². The van der Waals surface area contributed by atoms with Crippen molar-refractivity contribution < 1.29 is 33.4 Å². The molecule has 0 aliphatic heterocycles. The van der Waals surface area contributed by atoms with Crippen LogP contribution in [-0.4, -0.2) is 48.8 Å². The number of carbonyl (C=O) groups excluding carboxylic acids is 2. The molecule has 2 rings (SSSR count). The van der Waals surface area contributed by atoms with Gasteiger partial charge in [-0.2, -0.15) is 0 Å². The number of furan rings is 1. The number of thioether (sulfide) groups is 1. The van der Waals surface area contributed by atoms with E-state index in [1.54, 1.807) is 30.3 Å². The molecule has 1 amide bonds. The van der Waals surface area contributed by atoms with Gasteiger partial charge in [-0.15, -0.1) is 11.8 Å². The van der Waals surface area contributed by atoms with Crippen molar-refractivity contribution in [2.24, 2.45) is 0 Å². The molecule has 0 aliphatic carbocycles. The summed E-state index contributed by atoms with van der Waals surface area (Å²) in [6, 6.07) is 7.26. The van der Waals surface area contributed by atoms with Crippen molar-refractivity contribution >= 4 is 29.4 Å². The van der Waals surface area contributed by atoms with Gasteiger partial charge in [0, 0.05) is 24.7 Å². The molecule has 0 saturated carbocycles. The van der Waals surface area contributed by atoms with Crippen LogP contribution in [0.5, 0.6) is 11.5 Å². The van der Waals surface area contributed by atoms with E-state index >= 15 is 0 Å². The van der Waals surface area contributed by atoms with E-state index in [0.29, 0.717) is 22.8 Å². The standard InChI is InChI=1S/C20H23NO7S/c1-12(22)21-14(20(24)25)11-29-19(17-5-4-8-28-17)10-15(23)13-6-7-16(26-2)18(9-13)27-3/h4-9,14,19H,10-11H2,1-3H3,(H,21,22)(H,24,25)/t14-,19-/m0/s1. The number of aliphatic carboxylic acids is 1. The van der Waals surface area contributed by atoms with Gasteiger partial charge >= 0.3 is 5.97 Å². The zero-order valence-corrected chi connectivity index (χ0v) is 17.2. The number of nitrogens with one attached hydrogen (secondary N) is 1. The Labute approximate surface area is 172 Å². The lowest BCUT2D eigenvalue weighted by atomic mass is 10.0. The van der Waals surface area contributed by atoms with Crippen LogP contribution in [-0.2, 0) is 9.59 Å². The van der Waals surface area contributed by atoms with Crippen LogP contribution in [0, 0.1) is 0 Å². The van der Waals surface area contributed by atoms with Gasteiger partial charge in [-0.1, -0.05) is 0 Å². The van der Waals surface area contributed by atoms with Gasteiger partial charge < -0.3 is 24.3 Å². The van der Waals surface area contributed by atoms with Gasteiger partial charge in [-0.05, 0) is 30.3 Å². The molecule has 0 bridgehead atoms. The molecule has 1 aromatic heterocycles. The number of hydrogen-bond acceptors (Lipinski definition) is 7. The number of methoxy groups -OCH3 is 2. The zero-order valence-electron chi connectivity index (χ0n) is 16.3. The molecule has 0 unspecified atom stereocenters. The van der Waals surface area contributed by atoms with Crippen molar-refractivity contribution in [1.29, 1.82) is 0 Å². The SMILES string of the molecule is COc1ccc(C(=O)C[C@H](SC[C@H](NC(C)=O)C(=O)O)c2ccco2)cc1OC. The number of carbonyl (C=O) groups is 3. The first-order valence-corrected chi connectivity index (χ1v) is 9.80. The maximum absolute atomic E-state index is 12.8. The Morgan fingerprint density at radius 2 is 1.90 bits per heavy atom. The minimum absolute atomic E-state index is 0.0828. The van der Waals surface area contributed by atoms with Crippen molar-refractivity contribution in [1.82, 2.24) is 5.32 Å². The molecule has 1 aromatic carbocycles. The first-order valence-electron chi connectivity index (χ1n) is 8.75. The van der Waals surface area contributed by atoms with E-state index in [1.165, 1.54) is 39.2 Å². The van der Waals surface area contributed by atoms with Gasteiger partial charge in [0.2, 0.25) is 5.91 Å². The summed E-state index contributed by atoms with van der Waals surface area (Å²) in [6.45, 7) is 1.26. The molecule has 0 saturated heterocycles. The number of benzene rings is 1. The molecule has 9 heteroatoms. The quantitative estimate of drug-likeness (QED) is 0.532. The van der Waals surface area contributed by atoms with Crippen LogP contribution in [0.3, 0.4) is 0 Å². The molecule has 0 radical (unpaired) electrons. The number of hydrogen-bond donors (Lipinski definition) is 2.